The van der Waals surface area contributed by atoms with Crippen LogP contribution in [0.5, 0.6) is 0 Å². The smallest absolute Gasteiger partial charge is 0.0761 e. The van der Waals surface area contributed by atoms with E-state index in [-0.39, 0.29) is 0 Å². The maximum Gasteiger partial charge on any atom is 0.0761 e. The molecule has 1 N–H and O–H groups in total. The van der Waals surface area contributed by atoms with Crippen molar-refractivity contribution in [2.24, 2.45) is 0 Å². The van der Waals surface area contributed by atoms with Gasteiger partial charge in [0.05, 0.1) is 6.10 Å². The maximum atomic E-state index is 9.53. The largest absolute Gasteiger partial charge is 0.389 e. The van der Waals surface area contributed by atoms with Gasteiger partial charge in [0.1, 0.15) is 0 Å². The summed E-state index contributed by atoms with van der Waals surface area (Å²) in [5, 5.41) is 12.0. The zero-order chi connectivity index (χ0) is 13.2. The lowest BCUT2D eigenvalue weighted by Gasteiger charge is -2.07. The molecule has 3 aromatic carbocycles. The number of fused-ring (bicyclic) bond motifs is 1. The average molecular weight is 248 g/mol. The van der Waals surface area contributed by atoms with Gasteiger partial charge in [-0.15, -0.1) is 0 Å². The van der Waals surface area contributed by atoms with Crippen molar-refractivity contribution < 1.29 is 5.11 Å². The molecule has 0 saturated carbocycles. The fourth-order valence-corrected chi connectivity index (χ4v) is 2.32. The first-order chi connectivity index (χ1) is 9.24. The van der Waals surface area contributed by atoms with E-state index in [4.69, 9.17) is 0 Å². The molecule has 3 rings (SSSR count). The molecular formula is C18H16O. The van der Waals surface area contributed by atoms with E-state index < -0.39 is 6.10 Å². The first-order valence-electron chi connectivity index (χ1n) is 6.51. The first kappa shape index (κ1) is 11.9. The Morgan fingerprint density at radius 1 is 0.737 bits per heavy atom. The molecule has 1 nitrogen and oxygen atoms in total. The van der Waals surface area contributed by atoms with Gasteiger partial charge in [-0.05, 0) is 40.5 Å². The third-order valence-corrected chi connectivity index (χ3v) is 3.48. The lowest BCUT2D eigenvalue weighted by Crippen LogP contribution is -1.90. The summed E-state index contributed by atoms with van der Waals surface area (Å²) >= 11 is 0. The highest BCUT2D eigenvalue weighted by atomic mass is 16.3. The molecule has 0 aromatic heterocycles. The quantitative estimate of drug-likeness (QED) is 0.705. The summed E-state index contributed by atoms with van der Waals surface area (Å²) < 4.78 is 0. The van der Waals surface area contributed by atoms with Gasteiger partial charge in [-0.3, -0.25) is 0 Å². The Balaban J connectivity index is 2.03. The van der Waals surface area contributed by atoms with Crippen molar-refractivity contribution in [3.05, 3.63) is 72.3 Å². The summed E-state index contributed by atoms with van der Waals surface area (Å²) in [6.07, 6.45) is -0.411. The van der Waals surface area contributed by atoms with Crippen molar-refractivity contribution in [3.63, 3.8) is 0 Å². The molecule has 0 aliphatic rings. The lowest BCUT2D eigenvalue weighted by molar-refractivity contribution is 0.199. The maximum absolute atomic E-state index is 9.53. The van der Waals surface area contributed by atoms with Crippen molar-refractivity contribution >= 4 is 10.8 Å². The van der Waals surface area contributed by atoms with E-state index in [0.29, 0.717) is 0 Å². The van der Waals surface area contributed by atoms with E-state index in [9.17, 15) is 5.11 Å². The molecule has 0 bridgehead atoms. The van der Waals surface area contributed by atoms with Gasteiger partial charge < -0.3 is 5.11 Å². The fraction of sp³-hybridized carbons (Fsp3) is 0.111. The van der Waals surface area contributed by atoms with Gasteiger partial charge in [0.2, 0.25) is 0 Å². The number of hydrogen-bond acceptors (Lipinski definition) is 1. The number of aliphatic hydroxyl groups excluding tert-OH is 1. The second kappa shape index (κ2) is 4.87. The van der Waals surface area contributed by atoms with Gasteiger partial charge in [0, 0.05) is 0 Å². The second-order valence-corrected chi connectivity index (χ2v) is 4.86. The Kier molecular flexibility index (Phi) is 3.06. The molecule has 1 atom stereocenters. The Morgan fingerprint density at radius 2 is 1.37 bits per heavy atom. The summed E-state index contributed by atoms with van der Waals surface area (Å²) in [6.45, 7) is 1.78. The minimum Gasteiger partial charge on any atom is -0.389 e. The Labute approximate surface area is 113 Å². The number of aliphatic hydroxyl groups is 1. The van der Waals surface area contributed by atoms with Crippen molar-refractivity contribution in [1.29, 1.82) is 0 Å². The Bertz CT molecular complexity index is 696. The van der Waals surface area contributed by atoms with E-state index in [2.05, 4.69) is 54.6 Å². The second-order valence-electron chi connectivity index (χ2n) is 4.86. The third-order valence-electron chi connectivity index (χ3n) is 3.48. The molecule has 0 spiro atoms. The van der Waals surface area contributed by atoms with Crippen LogP contribution in [0.25, 0.3) is 21.9 Å². The van der Waals surface area contributed by atoms with Crippen LogP contribution in [0.15, 0.2) is 66.7 Å². The van der Waals surface area contributed by atoms with Gasteiger partial charge in [-0.2, -0.15) is 0 Å². The molecule has 0 radical (unpaired) electrons. The molecule has 0 aliphatic heterocycles. The van der Waals surface area contributed by atoms with Crippen LogP contribution in [0.3, 0.4) is 0 Å². The number of benzene rings is 3. The molecule has 94 valence electrons. The molecule has 0 fully saturated rings. The molecule has 0 aliphatic carbocycles. The minimum atomic E-state index is -0.411. The van der Waals surface area contributed by atoms with Crippen LogP contribution in [0.4, 0.5) is 0 Å². The van der Waals surface area contributed by atoms with E-state index in [1.807, 2.05) is 12.1 Å². The number of rotatable bonds is 2. The van der Waals surface area contributed by atoms with Crippen LogP contribution in [0.2, 0.25) is 0 Å². The SMILES string of the molecule is CC(O)c1ccc(-c2ccc3ccccc3c2)cc1. The first-order valence-corrected chi connectivity index (χ1v) is 6.51. The van der Waals surface area contributed by atoms with Crippen LogP contribution in [0, 0.1) is 0 Å². The van der Waals surface area contributed by atoms with Gasteiger partial charge in [-0.1, -0.05) is 60.7 Å². The van der Waals surface area contributed by atoms with Crippen LogP contribution in [-0.4, -0.2) is 5.11 Å². The molecule has 0 saturated heterocycles. The number of hydrogen-bond donors (Lipinski definition) is 1. The summed E-state index contributed by atoms with van der Waals surface area (Å²) in [5.74, 6) is 0. The lowest BCUT2D eigenvalue weighted by atomic mass is 9.99. The van der Waals surface area contributed by atoms with Gasteiger partial charge in [-0.25, -0.2) is 0 Å². The summed E-state index contributed by atoms with van der Waals surface area (Å²) in [6, 6.07) is 22.9. The highest BCUT2D eigenvalue weighted by molar-refractivity contribution is 5.87. The topological polar surface area (TPSA) is 20.2 Å². The molecule has 0 heterocycles. The monoisotopic (exact) mass is 248 g/mol. The van der Waals surface area contributed by atoms with Crippen LogP contribution in [0.1, 0.15) is 18.6 Å². The van der Waals surface area contributed by atoms with Crippen molar-refractivity contribution in [2.45, 2.75) is 13.0 Å². The van der Waals surface area contributed by atoms with E-state index in [0.717, 1.165) is 5.56 Å². The van der Waals surface area contributed by atoms with Crippen LogP contribution >= 0.6 is 0 Å². The molecule has 1 heteroatoms. The summed E-state index contributed by atoms with van der Waals surface area (Å²) in [4.78, 5) is 0. The summed E-state index contributed by atoms with van der Waals surface area (Å²) in [5.41, 5.74) is 3.33. The van der Waals surface area contributed by atoms with Crippen LogP contribution < -0.4 is 0 Å². The average Bonchev–Trinajstić information content (AvgIpc) is 2.47. The standard InChI is InChI=1S/C18H16O/c1-13(19)14-6-8-16(9-7-14)18-11-10-15-4-2-3-5-17(15)12-18/h2-13,19H,1H3. The molecule has 3 aromatic rings. The normalized spacial score (nSPS) is 12.5. The van der Waals surface area contributed by atoms with E-state index >= 15 is 0 Å². The molecular weight excluding hydrogens is 232 g/mol. The zero-order valence-electron chi connectivity index (χ0n) is 10.9. The molecule has 1 unspecified atom stereocenters. The van der Waals surface area contributed by atoms with Crippen molar-refractivity contribution in [1.82, 2.24) is 0 Å². The fourth-order valence-electron chi connectivity index (χ4n) is 2.32. The highest BCUT2D eigenvalue weighted by Gasteiger charge is 2.02. The Hall–Kier alpha value is -2.12. The van der Waals surface area contributed by atoms with Gasteiger partial charge in [0.15, 0.2) is 0 Å². The predicted molar refractivity (Wildman–Crippen MR) is 80.0 cm³/mol. The minimum absolute atomic E-state index is 0.411. The zero-order valence-corrected chi connectivity index (χ0v) is 10.9. The van der Waals surface area contributed by atoms with Gasteiger partial charge in [0.25, 0.3) is 0 Å². The van der Waals surface area contributed by atoms with Crippen molar-refractivity contribution in [2.75, 3.05) is 0 Å². The highest BCUT2D eigenvalue weighted by Crippen LogP contribution is 2.25. The van der Waals surface area contributed by atoms with E-state index in [1.54, 1.807) is 6.92 Å². The molecule has 19 heavy (non-hydrogen) atoms. The van der Waals surface area contributed by atoms with Crippen molar-refractivity contribution in [3.8, 4) is 11.1 Å². The summed E-state index contributed by atoms with van der Waals surface area (Å²) in [7, 11) is 0. The van der Waals surface area contributed by atoms with Gasteiger partial charge >= 0.3 is 0 Å². The third kappa shape index (κ3) is 2.38. The van der Waals surface area contributed by atoms with E-state index in [1.165, 1.54) is 21.9 Å². The van der Waals surface area contributed by atoms with Crippen LogP contribution in [-0.2, 0) is 0 Å². The predicted octanol–water partition coefficient (Wildman–Crippen LogP) is 4.56. The Morgan fingerprint density at radius 3 is 2.05 bits per heavy atom. The molecule has 0 amide bonds.